The van der Waals surface area contributed by atoms with Crippen LogP contribution in [0.25, 0.3) is 11.0 Å². The van der Waals surface area contributed by atoms with Crippen LogP contribution >= 0.6 is 0 Å². The number of nitrogens with zero attached hydrogens (tertiary/aromatic N) is 3. The van der Waals surface area contributed by atoms with Gasteiger partial charge in [-0.2, -0.15) is 5.10 Å². The number of nitrogens with one attached hydrogen (secondary N) is 1. The Morgan fingerprint density at radius 3 is 2.65 bits per heavy atom. The summed E-state index contributed by atoms with van der Waals surface area (Å²) < 4.78 is 6.84. The molecular weight excluding hydrogens is 296 g/mol. The highest BCUT2D eigenvalue weighted by atomic mass is 16.5. The van der Waals surface area contributed by atoms with Gasteiger partial charge < -0.3 is 4.74 Å². The number of carbonyl (C=O) groups is 2. The number of hydrogen-bond acceptors (Lipinski definition) is 5. The standard InChI is InChI=1S/C16H12N4O3/c1-23-10-4-2-9(3-5-10)8-20-14-11(7-18-20)13-12(6-17-14)15(21)19-16(13)22/h2-7H,8H2,1H3,(H,19,21,22). The lowest BCUT2D eigenvalue weighted by Crippen LogP contribution is -2.19. The number of carbonyl (C=O) groups excluding carboxylic acids is 2. The van der Waals surface area contributed by atoms with Crippen LogP contribution in [0, 0.1) is 0 Å². The number of pyridine rings is 1. The zero-order chi connectivity index (χ0) is 16.0. The Kier molecular flexibility index (Phi) is 2.87. The van der Waals surface area contributed by atoms with E-state index in [1.807, 2.05) is 24.3 Å². The summed E-state index contributed by atoms with van der Waals surface area (Å²) in [5.74, 6) is -0.0334. The van der Waals surface area contributed by atoms with Crippen molar-refractivity contribution in [3.05, 3.63) is 53.3 Å². The van der Waals surface area contributed by atoms with Crippen molar-refractivity contribution in [1.29, 1.82) is 0 Å². The molecule has 0 radical (unpaired) electrons. The molecule has 1 aliphatic heterocycles. The Hall–Kier alpha value is -3.22. The van der Waals surface area contributed by atoms with Crippen molar-refractivity contribution in [2.45, 2.75) is 6.54 Å². The predicted molar refractivity (Wildman–Crippen MR) is 81.4 cm³/mol. The first-order valence-electron chi connectivity index (χ1n) is 7.00. The topological polar surface area (TPSA) is 86.1 Å². The molecule has 0 unspecified atom stereocenters. The maximum Gasteiger partial charge on any atom is 0.260 e. The third kappa shape index (κ3) is 2.05. The molecule has 2 aromatic heterocycles. The largest absolute Gasteiger partial charge is 0.497 e. The van der Waals surface area contributed by atoms with Crippen molar-refractivity contribution >= 4 is 22.8 Å². The lowest BCUT2D eigenvalue weighted by atomic mass is 10.1. The molecule has 23 heavy (non-hydrogen) atoms. The van der Waals surface area contributed by atoms with Gasteiger partial charge in [-0.05, 0) is 17.7 Å². The second-order valence-corrected chi connectivity index (χ2v) is 5.22. The van der Waals surface area contributed by atoms with Crippen LogP contribution in [0.4, 0.5) is 0 Å². The van der Waals surface area contributed by atoms with Crippen LogP contribution in [-0.2, 0) is 6.54 Å². The summed E-state index contributed by atoms with van der Waals surface area (Å²) in [5, 5.41) is 7.16. The molecule has 7 nitrogen and oxygen atoms in total. The minimum absolute atomic E-state index is 0.298. The fraction of sp³-hybridized carbons (Fsp3) is 0.125. The Bertz CT molecular complexity index is 944. The maximum absolute atomic E-state index is 11.9. The molecule has 0 saturated carbocycles. The number of rotatable bonds is 3. The fourth-order valence-corrected chi connectivity index (χ4v) is 2.70. The summed E-state index contributed by atoms with van der Waals surface area (Å²) in [4.78, 5) is 27.9. The number of amides is 2. The summed E-state index contributed by atoms with van der Waals surface area (Å²) in [6, 6.07) is 7.63. The number of hydrogen-bond donors (Lipinski definition) is 1. The number of aromatic nitrogens is 3. The fourth-order valence-electron chi connectivity index (χ4n) is 2.70. The third-order valence-electron chi connectivity index (χ3n) is 3.86. The van der Waals surface area contributed by atoms with Crippen LogP contribution in [0.15, 0.2) is 36.7 Å². The number of fused-ring (bicyclic) bond motifs is 3. The average molecular weight is 308 g/mol. The molecule has 1 N–H and O–H groups in total. The van der Waals surface area contributed by atoms with E-state index in [9.17, 15) is 9.59 Å². The van der Waals surface area contributed by atoms with E-state index in [1.165, 1.54) is 6.20 Å². The van der Waals surface area contributed by atoms with Gasteiger partial charge in [-0.3, -0.25) is 14.9 Å². The number of ether oxygens (including phenoxy) is 1. The Balaban J connectivity index is 1.76. The smallest absolute Gasteiger partial charge is 0.260 e. The van der Waals surface area contributed by atoms with Crippen molar-refractivity contribution in [1.82, 2.24) is 20.1 Å². The molecule has 0 fully saturated rings. The minimum atomic E-state index is -0.415. The highest BCUT2D eigenvalue weighted by Gasteiger charge is 2.30. The van der Waals surface area contributed by atoms with Gasteiger partial charge in [0.15, 0.2) is 5.65 Å². The first-order valence-corrected chi connectivity index (χ1v) is 7.00. The van der Waals surface area contributed by atoms with Gasteiger partial charge in [0, 0.05) is 6.20 Å². The predicted octanol–water partition coefficient (Wildman–Crippen LogP) is 1.37. The summed E-state index contributed by atoms with van der Waals surface area (Å²) in [6.07, 6.45) is 2.99. The molecule has 0 spiro atoms. The summed E-state index contributed by atoms with van der Waals surface area (Å²) in [7, 11) is 1.62. The SMILES string of the molecule is COc1ccc(Cn2ncc3c4c(cnc32)C(=O)NC4=O)cc1. The van der Waals surface area contributed by atoms with E-state index in [4.69, 9.17) is 4.74 Å². The van der Waals surface area contributed by atoms with Crippen LogP contribution in [0.3, 0.4) is 0 Å². The lowest BCUT2D eigenvalue weighted by Gasteiger charge is -2.05. The van der Waals surface area contributed by atoms with E-state index in [0.717, 1.165) is 11.3 Å². The Morgan fingerprint density at radius 1 is 1.13 bits per heavy atom. The van der Waals surface area contributed by atoms with Gasteiger partial charge in [0.1, 0.15) is 5.75 Å². The van der Waals surface area contributed by atoms with Crippen molar-refractivity contribution in [3.63, 3.8) is 0 Å². The normalized spacial score (nSPS) is 13.3. The van der Waals surface area contributed by atoms with E-state index in [1.54, 1.807) is 18.0 Å². The van der Waals surface area contributed by atoms with E-state index < -0.39 is 11.8 Å². The summed E-state index contributed by atoms with van der Waals surface area (Å²) >= 11 is 0. The van der Waals surface area contributed by atoms with E-state index in [0.29, 0.717) is 28.7 Å². The van der Waals surface area contributed by atoms with Gasteiger partial charge in [-0.1, -0.05) is 12.1 Å². The number of methoxy groups -OCH3 is 1. The number of imide groups is 1. The maximum atomic E-state index is 11.9. The van der Waals surface area contributed by atoms with Gasteiger partial charge in [0.2, 0.25) is 0 Å². The molecule has 3 heterocycles. The quantitative estimate of drug-likeness (QED) is 0.739. The number of benzene rings is 1. The third-order valence-corrected chi connectivity index (χ3v) is 3.86. The second kappa shape index (κ2) is 4.91. The zero-order valence-corrected chi connectivity index (χ0v) is 12.2. The van der Waals surface area contributed by atoms with Crippen molar-refractivity contribution in [2.24, 2.45) is 0 Å². The van der Waals surface area contributed by atoms with Crippen molar-refractivity contribution in [2.75, 3.05) is 7.11 Å². The molecule has 0 aliphatic carbocycles. The second-order valence-electron chi connectivity index (χ2n) is 5.22. The highest BCUT2D eigenvalue weighted by molar-refractivity contribution is 6.25. The minimum Gasteiger partial charge on any atom is -0.497 e. The molecule has 0 bridgehead atoms. The van der Waals surface area contributed by atoms with Crippen LogP contribution in [0.1, 0.15) is 26.3 Å². The lowest BCUT2D eigenvalue weighted by molar-refractivity contribution is 0.0880. The Labute approximate surface area is 130 Å². The first-order chi connectivity index (χ1) is 11.2. The Morgan fingerprint density at radius 2 is 1.91 bits per heavy atom. The monoisotopic (exact) mass is 308 g/mol. The van der Waals surface area contributed by atoms with Gasteiger partial charge in [-0.25, -0.2) is 9.67 Å². The molecular formula is C16H12N4O3. The molecule has 2 amide bonds. The molecule has 1 aromatic carbocycles. The average Bonchev–Trinajstić information content (AvgIpc) is 3.09. The van der Waals surface area contributed by atoms with Crippen LogP contribution in [-0.4, -0.2) is 33.7 Å². The van der Waals surface area contributed by atoms with Gasteiger partial charge in [-0.15, -0.1) is 0 Å². The summed E-state index contributed by atoms with van der Waals surface area (Å²) in [6.45, 7) is 0.509. The van der Waals surface area contributed by atoms with Gasteiger partial charge in [0.05, 0.1) is 36.4 Å². The van der Waals surface area contributed by atoms with Crippen LogP contribution in [0.5, 0.6) is 5.75 Å². The molecule has 4 rings (SSSR count). The van der Waals surface area contributed by atoms with Crippen LogP contribution < -0.4 is 10.1 Å². The van der Waals surface area contributed by atoms with Crippen molar-refractivity contribution < 1.29 is 14.3 Å². The van der Waals surface area contributed by atoms with E-state index in [-0.39, 0.29) is 0 Å². The summed E-state index contributed by atoms with van der Waals surface area (Å²) in [5.41, 5.74) is 2.25. The molecule has 7 heteroatoms. The molecule has 1 aliphatic rings. The van der Waals surface area contributed by atoms with Gasteiger partial charge >= 0.3 is 0 Å². The first kappa shape index (κ1) is 13.4. The van der Waals surface area contributed by atoms with Crippen LogP contribution in [0.2, 0.25) is 0 Å². The van der Waals surface area contributed by atoms with E-state index in [2.05, 4.69) is 15.4 Å². The van der Waals surface area contributed by atoms with E-state index >= 15 is 0 Å². The molecule has 3 aromatic rings. The van der Waals surface area contributed by atoms with Gasteiger partial charge in [0.25, 0.3) is 11.8 Å². The highest BCUT2D eigenvalue weighted by Crippen LogP contribution is 2.24. The van der Waals surface area contributed by atoms with Crippen molar-refractivity contribution in [3.8, 4) is 5.75 Å². The molecule has 0 atom stereocenters. The molecule has 0 saturated heterocycles. The zero-order valence-electron chi connectivity index (χ0n) is 12.2. The molecule has 114 valence electrons.